The molecule has 0 N–H and O–H groups in total. The van der Waals surface area contributed by atoms with Crippen LogP contribution in [0.4, 0.5) is 0 Å². The highest BCUT2D eigenvalue weighted by atomic mass is 16.6. The smallest absolute Gasteiger partial charge is 0.317 e. The van der Waals surface area contributed by atoms with Crippen molar-refractivity contribution in [2.75, 3.05) is 6.61 Å². The van der Waals surface area contributed by atoms with Gasteiger partial charge < -0.3 is 9.47 Å². The van der Waals surface area contributed by atoms with Crippen LogP contribution in [0.1, 0.15) is 34.1 Å². The molecule has 0 aliphatic carbocycles. The highest BCUT2D eigenvalue weighted by Gasteiger charge is 2.47. The van der Waals surface area contributed by atoms with E-state index in [-0.39, 0.29) is 23.9 Å². The van der Waals surface area contributed by atoms with Crippen molar-refractivity contribution in [3.63, 3.8) is 0 Å². The molecule has 0 bridgehead atoms. The summed E-state index contributed by atoms with van der Waals surface area (Å²) in [6.45, 7) is 8.28. The number of esters is 2. The summed E-state index contributed by atoms with van der Waals surface area (Å²) in [6.07, 6.45) is 0.0921. The summed E-state index contributed by atoms with van der Waals surface area (Å²) in [6, 6.07) is 0. The van der Waals surface area contributed by atoms with Crippen LogP contribution in [0.3, 0.4) is 0 Å². The monoisotopic (exact) mass is 214 g/mol. The molecule has 2 unspecified atom stereocenters. The van der Waals surface area contributed by atoms with Gasteiger partial charge in [0.1, 0.15) is 0 Å². The van der Waals surface area contributed by atoms with E-state index in [0.717, 1.165) is 0 Å². The summed E-state index contributed by atoms with van der Waals surface area (Å²) in [5.41, 5.74) is -0.376. The average molecular weight is 214 g/mol. The first-order valence-electron chi connectivity index (χ1n) is 5.25. The standard InChI is InChI=1S/C11H18O4/c1-5-14-7(2)11(3,4)8-6-9(12)15-10(8)13/h7-8H,5-6H2,1-4H3. The normalized spacial score (nSPS) is 24.1. The van der Waals surface area contributed by atoms with E-state index in [0.29, 0.717) is 6.61 Å². The van der Waals surface area contributed by atoms with Crippen LogP contribution in [0.15, 0.2) is 0 Å². The first-order chi connectivity index (χ1) is 6.89. The third kappa shape index (κ3) is 2.37. The lowest BCUT2D eigenvalue weighted by molar-refractivity contribution is -0.155. The van der Waals surface area contributed by atoms with Crippen LogP contribution in [0.25, 0.3) is 0 Å². The summed E-state index contributed by atoms with van der Waals surface area (Å²) in [5, 5.41) is 0. The summed E-state index contributed by atoms with van der Waals surface area (Å²) >= 11 is 0. The van der Waals surface area contributed by atoms with Crippen molar-refractivity contribution in [3.8, 4) is 0 Å². The van der Waals surface area contributed by atoms with Crippen molar-refractivity contribution < 1.29 is 19.1 Å². The Morgan fingerprint density at radius 1 is 1.53 bits per heavy atom. The van der Waals surface area contributed by atoms with Crippen LogP contribution < -0.4 is 0 Å². The zero-order valence-corrected chi connectivity index (χ0v) is 9.70. The Labute approximate surface area is 89.9 Å². The zero-order chi connectivity index (χ0) is 11.6. The van der Waals surface area contributed by atoms with Crippen molar-refractivity contribution in [3.05, 3.63) is 0 Å². The van der Waals surface area contributed by atoms with E-state index in [9.17, 15) is 9.59 Å². The number of ether oxygens (including phenoxy) is 2. The fraction of sp³-hybridized carbons (Fsp3) is 0.818. The molecule has 1 aliphatic heterocycles. The van der Waals surface area contributed by atoms with Gasteiger partial charge in [0.05, 0.1) is 18.4 Å². The fourth-order valence-corrected chi connectivity index (χ4v) is 1.79. The van der Waals surface area contributed by atoms with E-state index in [1.807, 2.05) is 27.7 Å². The topological polar surface area (TPSA) is 52.6 Å². The Morgan fingerprint density at radius 3 is 2.53 bits per heavy atom. The molecule has 2 atom stereocenters. The minimum Gasteiger partial charge on any atom is -0.393 e. The van der Waals surface area contributed by atoms with E-state index in [2.05, 4.69) is 4.74 Å². The molecule has 0 aromatic carbocycles. The lowest BCUT2D eigenvalue weighted by Gasteiger charge is -2.34. The summed E-state index contributed by atoms with van der Waals surface area (Å²) in [7, 11) is 0. The molecule has 0 radical (unpaired) electrons. The number of rotatable bonds is 4. The molecule has 0 amide bonds. The molecule has 4 nitrogen and oxygen atoms in total. The van der Waals surface area contributed by atoms with E-state index in [1.165, 1.54) is 0 Å². The van der Waals surface area contributed by atoms with Gasteiger partial charge in [0.25, 0.3) is 0 Å². The van der Waals surface area contributed by atoms with Gasteiger partial charge in [0.15, 0.2) is 0 Å². The molecule has 4 heteroatoms. The molecule has 0 saturated carbocycles. The molecular formula is C11H18O4. The van der Waals surface area contributed by atoms with E-state index < -0.39 is 11.9 Å². The second-order valence-electron chi connectivity index (χ2n) is 4.47. The molecule has 1 saturated heterocycles. The van der Waals surface area contributed by atoms with Crippen molar-refractivity contribution in [1.82, 2.24) is 0 Å². The van der Waals surface area contributed by atoms with Crippen LogP contribution in [0, 0.1) is 11.3 Å². The molecule has 0 aromatic rings. The van der Waals surface area contributed by atoms with Crippen LogP contribution in [-0.4, -0.2) is 24.6 Å². The van der Waals surface area contributed by atoms with Crippen molar-refractivity contribution in [2.45, 2.75) is 40.2 Å². The average Bonchev–Trinajstić information content (AvgIpc) is 2.46. The van der Waals surface area contributed by atoms with Crippen LogP contribution in [0.2, 0.25) is 0 Å². The lowest BCUT2D eigenvalue weighted by atomic mass is 9.74. The summed E-state index contributed by atoms with van der Waals surface area (Å²) in [5.74, 6) is -1.23. The molecule has 15 heavy (non-hydrogen) atoms. The highest BCUT2D eigenvalue weighted by molar-refractivity contribution is 5.95. The number of hydrogen-bond acceptors (Lipinski definition) is 4. The summed E-state index contributed by atoms with van der Waals surface area (Å²) < 4.78 is 10.0. The molecule has 86 valence electrons. The largest absolute Gasteiger partial charge is 0.393 e. The van der Waals surface area contributed by atoms with E-state index >= 15 is 0 Å². The van der Waals surface area contributed by atoms with Gasteiger partial charge in [-0.25, -0.2) is 0 Å². The number of carbonyl (C=O) groups is 2. The van der Waals surface area contributed by atoms with Gasteiger partial charge >= 0.3 is 11.9 Å². The van der Waals surface area contributed by atoms with E-state index in [1.54, 1.807) is 0 Å². The maximum absolute atomic E-state index is 11.4. The Hall–Kier alpha value is -0.900. The fourth-order valence-electron chi connectivity index (χ4n) is 1.79. The van der Waals surface area contributed by atoms with Crippen LogP contribution in [-0.2, 0) is 19.1 Å². The predicted octanol–water partition coefficient (Wildman–Crippen LogP) is 1.53. The Balaban J connectivity index is 2.76. The van der Waals surface area contributed by atoms with Gasteiger partial charge in [0, 0.05) is 12.0 Å². The first-order valence-corrected chi connectivity index (χ1v) is 5.25. The zero-order valence-electron chi connectivity index (χ0n) is 9.70. The molecule has 0 aromatic heterocycles. The van der Waals surface area contributed by atoms with Gasteiger partial charge in [0.2, 0.25) is 0 Å². The Bertz CT molecular complexity index is 270. The highest BCUT2D eigenvalue weighted by Crippen LogP contribution is 2.38. The third-order valence-corrected chi connectivity index (χ3v) is 3.23. The van der Waals surface area contributed by atoms with E-state index in [4.69, 9.17) is 4.74 Å². The number of hydrogen-bond donors (Lipinski definition) is 0. The second kappa shape index (κ2) is 4.31. The summed E-state index contributed by atoms with van der Waals surface area (Å²) in [4.78, 5) is 22.4. The number of cyclic esters (lactones) is 2. The predicted molar refractivity (Wildman–Crippen MR) is 54.1 cm³/mol. The molecule has 1 fully saturated rings. The van der Waals surface area contributed by atoms with Gasteiger partial charge in [-0.3, -0.25) is 9.59 Å². The van der Waals surface area contributed by atoms with Gasteiger partial charge in [-0.1, -0.05) is 13.8 Å². The van der Waals surface area contributed by atoms with Crippen LogP contribution >= 0.6 is 0 Å². The Morgan fingerprint density at radius 2 is 2.13 bits per heavy atom. The third-order valence-electron chi connectivity index (χ3n) is 3.23. The minimum absolute atomic E-state index is 0.0778. The van der Waals surface area contributed by atoms with Gasteiger partial charge in [-0.05, 0) is 13.8 Å². The number of carbonyl (C=O) groups excluding carboxylic acids is 2. The lowest BCUT2D eigenvalue weighted by Crippen LogP contribution is -2.38. The maximum Gasteiger partial charge on any atom is 0.317 e. The van der Waals surface area contributed by atoms with Crippen LogP contribution in [0.5, 0.6) is 0 Å². The Kier molecular flexibility index (Phi) is 3.50. The van der Waals surface area contributed by atoms with Crippen molar-refractivity contribution in [2.24, 2.45) is 11.3 Å². The van der Waals surface area contributed by atoms with Crippen molar-refractivity contribution >= 4 is 11.9 Å². The first kappa shape index (κ1) is 12.2. The van der Waals surface area contributed by atoms with Gasteiger partial charge in [-0.15, -0.1) is 0 Å². The molecule has 0 spiro atoms. The molecular weight excluding hydrogens is 196 g/mol. The SMILES string of the molecule is CCOC(C)C(C)(C)C1CC(=O)OC1=O. The maximum atomic E-state index is 11.4. The van der Waals surface area contributed by atoms with Gasteiger partial charge in [-0.2, -0.15) is 0 Å². The molecule has 1 heterocycles. The quantitative estimate of drug-likeness (QED) is 0.526. The molecule has 1 rings (SSSR count). The van der Waals surface area contributed by atoms with Crippen molar-refractivity contribution in [1.29, 1.82) is 0 Å². The molecule has 1 aliphatic rings. The minimum atomic E-state index is -0.429. The second-order valence-corrected chi connectivity index (χ2v) is 4.47.